The fourth-order valence-electron chi connectivity index (χ4n) is 2.29. The van der Waals surface area contributed by atoms with Gasteiger partial charge in [-0.25, -0.2) is 9.59 Å². The Balaban J connectivity index is 1.76. The summed E-state index contributed by atoms with van der Waals surface area (Å²) in [5.41, 5.74) is 2.11. The highest BCUT2D eigenvalue weighted by atomic mass is 16.5. The van der Waals surface area contributed by atoms with Crippen molar-refractivity contribution in [3.05, 3.63) is 71.3 Å². The zero-order valence-electron chi connectivity index (χ0n) is 13.2. The van der Waals surface area contributed by atoms with E-state index >= 15 is 0 Å². The van der Waals surface area contributed by atoms with Gasteiger partial charge in [0.15, 0.2) is 0 Å². The molecule has 0 amide bonds. The van der Waals surface area contributed by atoms with E-state index in [0.717, 1.165) is 24.8 Å². The molecule has 0 saturated carbocycles. The molecule has 0 atom stereocenters. The van der Waals surface area contributed by atoms with Gasteiger partial charge in [-0.05, 0) is 43.0 Å². The van der Waals surface area contributed by atoms with Crippen LogP contribution in [0.15, 0.2) is 54.6 Å². The van der Waals surface area contributed by atoms with Gasteiger partial charge in [0.1, 0.15) is 0 Å². The molecule has 0 radical (unpaired) electrons. The topological polar surface area (TPSA) is 52.6 Å². The number of rotatable bonds is 7. The first-order chi connectivity index (χ1) is 11.2. The summed E-state index contributed by atoms with van der Waals surface area (Å²) in [6.45, 7) is 0.369. The molecule has 0 aliphatic heterocycles. The van der Waals surface area contributed by atoms with Crippen molar-refractivity contribution in [1.82, 2.24) is 0 Å². The van der Waals surface area contributed by atoms with Crippen molar-refractivity contribution < 1.29 is 19.1 Å². The zero-order valence-corrected chi connectivity index (χ0v) is 13.2. The Morgan fingerprint density at radius 3 is 2.30 bits per heavy atom. The molecule has 0 saturated heterocycles. The minimum atomic E-state index is -0.323. The van der Waals surface area contributed by atoms with Crippen molar-refractivity contribution in [3.63, 3.8) is 0 Å². The summed E-state index contributed by atoms with van der Waals surface area (Å²) >= 11 is 0. The molecule has 2 rings (SSSR count). The molecule has 120 valence electrons. The van der Waals surface area contributed by atoms with Gasteiger partial charge in [0.2, 0.25) is 0 Å². The number of benzene rings is 2. The molecule has 0 bridgehead atoms. The van der Waals surface area contributed by atoms with Crippen molar-refractivity contribution in [3.8, 4) is 0 Å². The summed E-state index contributed by atoms with van der Waals surface area (Å²) in [4.78, 5) is 23.5. The SMILES string of the molecule is COC(=O)c1ccccc1CCCCOC(=O)c1ccccc1. The summed E-state index contributed by atoms with van der Waals surface area (Å²) in [5, 5.41) is 0. The normalized spacial score (nSPS) is 10.1. The third-order valence-corrected chi connectivity index (χ3v) is 3.51. The average molecular weight is 312 g/mol. The van der Waals surface area contributed by atoms with Crippen LogP contribution in [0, 0.1) is 0 Å². The second kappa shape index (κ2) is 8.73. The quantitative estimate of drug-likeness (QED) is 0.578. The van der Waals surface area contributed by atoms with Crippen LogP contribution in [0.1, 0.15) is 39.1 Å². The average Bonchev–Trinajstić information content (AvgIpc) is 2.61. The Morgan fingerprint density at radius 2 is 1.57 bits per heavy atom. The lowest BCUT2D eigenvalue weighted by Gasteiger charge is -2.08. The molecule has 0 aliphatic carbocycles. The van der Waals surface area contributed by atoms with Gasteiger partial charge >= 0.3 is 11.9 Å². The molecule has 0 aromatic heterocycles. The molecule has 4 nitrogen and oxygen atoms in total. The number of carbonyl (C=O) groups excluding carboxylic acids is 2. The fourth-order valence-corrected chi connectivity index (χ4v) is 2.29. The lowest BCUT2D eigenvalue weighted by Crippen LogP contribution is -2.08. The highest BCUT2D eigenvalue weighted by molar-refractivity contribution is 5.91. The third kappa shape index (κ3) is 4.95. The predicted molar refractivity (Wildman–Crippen MR) is 87.4 cm³/mol. The van der Waals surface area contributed by atoms with Gasteiger partial charge < -0.3 is 9.47 Å². The maximum Gasteiger partial charge on any atom is 0.338 e. The smallest absolute Gasteiger partial charge is 0.338 e. The Labute approximate surface area is 136 Å². The summed E-state index contributed by atoms with van der Waals surface area (Å²) in [5.74, 6) is -0.628. The van der Waals surface area contributed by atoms with Crippen LogP contribution >= 0.6 is 0 Å². The largest absolute Gasteiger partial charge is 0.465 e. The van der Waals surface area contributed by atoms with Crippen molar-refractivity contribution in [2.45, 2.75) is 19.3 Å². The zero-order chi connectivity index (χ0) is 16.5. The maximum absolute atomic E-state index is 11.8. The van der Waals surface area contributed by atoms with Gasteiger partial charge in [0.05, 0.1) is 24.8 Å². The van der Waals surface area contributed by atoms with Crippen LogP contribution in [-0.2, 0) is 15.9 Å². The maximum atomic E-state index is 11.8. The van der Waals surface area contributed by atoms with Gasteiger partial charge in [-0.3, -0.25) is 0 Å². The van der Waals surface area contributed by atoms with E-state index in [-0.39, 0.29) is 11.9 Å². The third-order valence-electron chi connectivity index (χ3n) is 3.51. The second-order valence-electron chi connectivity index (χ2n) is 5.11. The number of methoxy groups -OCH3 is 1. The molecule has 0 N–H and O–H groups in total. The van der Waals surface area contributed by atoms with E-state index in [1.807, 2.05) is 24.3 Å². The van der Waals surface area contributed by atoms with Crippen molar-refractivity contribution in [2.75, 3.05) is 13.7 Å². The molecular weight excluding hydrogens is 292 g/mol. The number of hydrogen-bond acceptors (Lipinski definition) is 4. The number of unbranched alkanes of at least 4 members (excludes halogenated alkanes) is 1. The number of hydrogen-bond donors (Lipinski definition) is 0. The summed E-state index contributed by atoms with van der Waals surface area (Å²) in [7, 11) is 1.38. The molecule has 0 aliphatic rings. The van der Waals surface area contributed by atoms with Gasteiger partial charge in [-0.1, -0.05) is 36.4 Å². The molecule has 2 aromatic rings. The molecule has 0 heterocycles. The number of aryl methyl sites for hydroxylation is 1. The summed E-state index contributed by atoms with van der Waals surface area (Å²) in [6, 6.07) is 16.3. The fraction of sp³-hybridized carbons (Fsp3) is 0.263. The van der Waals surface area contributed by atoms with Gasteiger partial charge in [0.25, 0.3) is 0 Å². The van der Waals surface area contributed by atoms with E-state index < -0.39 is 0 Å². The predicted octanol–water partition coefficient (Wildman–Crippen LogP) is 3.65. The van der Waals surface area contributed by atoms with Gasteiger partial charge in [-0.15, -0.1) is 0 Å². The van der Waals surface area contributed by atoms with Crippen LogP contribution in [0.3, 0.4) is 0 Å². The first kappa shape index (κ1) is 16.7. The lowest BCUT2D eigenvalue weighted by atomic mass is 10.0. The monoisotopic (exact) mass is 312 g/mol. The van der Waals surface area contributed by atoms with Crippen LogP contribution in [0.5, 0.6) is 0 Å². The number of esters is 2. The minimum absolute atomic E-state index is 0.305. The summed E-state index contributed by atoms with van der Waals surface area (Å²) in [6.07, 6.45) is 2.32. The van der Waals surface area contributed by atoms with Crippen molar-refractivity contribution >= 4 is 11.9 Å². The molecule has 0 unspecified atom stereocenters. The first-order valence-electron chi connectivity index (χ1n) is 7.61. The van der Waals surface area contributed by atoms with E-state index in [4.69, 9.17) is 9.47 Å². The summed E-state index contributed by atoms with van der Waals surface area (Å²) < 4.78 is 10.0. The van der Waals surface area contributed by atoms with Crippen LogP contribution in [0.4, 0.5) is 0 Å². The Hall–Kier alpha value is -2.62. The number of carbonyl (C=O) groups is 2. The molecule has 0 spiro atoms. The Morgan fingerprint density at radius 1 is 0.870 bits per heavy atom. The minimum Gasteiger partial charge on any atom is -0.465 e. The second-order valence-corrected chi connectivity index (χ2v) is 5.11. The molecular formula is C19H20O4. The van der Waals surface area contributed by atoms with Crippen LogP contribution in [-0.4, -0.2) is 25.7 Å². The molecule has 0 fully saturated rings. The molecule has 4 heteroatoms. The van der Waals surface area contributed by atoms with Crippen molar-refractivity contribution in [1.29, 1.82) is 0 Å². The van der Waals surface area contributed by atoms with Gasteiger partial charge in [0, 0.05) is 0 Å². The van der Waals surface area contributed by atoms with Crippen LogP contribution in [0.25, 0.3) is 0 Å². The van der Waals surface area contributed by atoms with E-state index in [1.165, 1.54) is 7.11 Å². The highest BCUT2D eigenvalue weighted by Gasteiger charge is 2.10. The molecule has 23 heavy (non-hydrogen) atoms. The molecule has 2 aromatic carbocycles. The first-order valence-corrected chi connectivity index (χ1v) is 7.61. The van der Waals surface area contributed by atoms with E-state index in [1.54, 1.807) is 30.3 Å². The van der Waals surface area contributed by atoms with E-state index in [9.17, 15) is 9.59 Å². The number of ether oxygens (including phenoxy) is 2. The highest BCUT2D eigenvalue weighted by Crippen LogP contribution is 2.13. The van der Waals surface area contributed by atoms with Crippen molar-refractivity contribution in [2.24, 2.45) is 0 Å². The van der Waals surface area contributed by atoms with E-state index in [0.29, 0.717) is 17.7 Å². The Kier molecular flexibility index (Phi) is 6.36. The lowest BCUT2D eigenvalue weighted by molar-refractivity contribution is 0.0498. The Bertz CT molecular complexity index is 649. The van der Waals surface area contributed by atoms with Gasteiger partial charge in [-0.2, -0.15) is 0 Å². The van der Waals surface area contributed by atoms with Crippen LogP contribution in [0.2, 0.25) is 0 Å². The standard InChI is InChI=1S/C19H20O4/c1-22-19(21)17-13-6-5-9-15(17)10-7-8-14-23-18(20)16-11-3-2-4-12-16/h2-6,9,11-13H,7-8,10,14H2,1H3. The van der Waals surface area contributed by atoms with E-state index in [2.05, 4.69) is 0 Å². The van der Waals surface area contributed by atoms with Crippen LogP contribution < -0.4 is 0 Å².